The molecule has 0 atom stereocenters. The Balaban J connectivity index is 1.82. The standard InChI is InChI=1S/C17H14BrN3OS/c1-10-3-4-13(9-19-10)16(22)21-17-20-15(11(2)23-17)12-5-7-14(18)8-6-12/h3-9H,1-2H3,(H,20,21,22). The number of hydrogen-bond donors (Lipinski definition) is 1. The third kappa shape index (κ3) is 3.65. The number of rotatable bonds is 3. The molecule has 0 spiro atoms. The molecule has 0 aliphatic carbocycles. The summed E-state index contributed by atoms with van der Waals surface area (Å²) in [6.07, 6.45) is 1.57. The molecule has 0 saturated heterocycles. The van der Waals surface area contributed by atoms with Crippen LogP contribution in [0.5, 0.6) is 0 Å². The van der Waals surface area contributed by atoms with Crippen molar-refractivity contribution in [1.29, 1.82) is 0 Å². The quantitative estimate of drug-likeness (QED) is 0.699. The highest BCUT2D eigenvalue weighted by molar-refractivity contribution is 9.10. The number of amides is 1. The van der Waals surface area contributed by atoms with Crippen LogP contribution in [0, 0.1) is 13.8 Å². The third-order valence-corrected chi connectivity index (χ3v) is 4.72. The van der Waals surface area contributed by atoms with E-state index in [2.05, 4.69) is 31.2 Å². The number of anilines is 1. The van der Waals surface area contributed by atoms with Crippen LogP contribution in [0.25, 0.3) is 11.3 Å². The molecule has 6 heteroatoms. The molecule has 0 radical (unpaired) electrons. The zero-order chi connectivity index (χ0) is 16.4. The SMILES string of the molecule is Cc1ccc(C(=O)Nc2nc(-c3ccc(Br)cc3)c(C)s2)cn1. The van der Waals surface area contributed by atoms with Gasteiger partial charge in [-0.15, -0.1) is 11.3 Å². The van der Waals surface area contributed by atoms with E-state index in [1.165, 1.54) is 11.3 Å². The van der Waals surface area contributed by atoms with E-state index in [0.29, 0.717) is 10.7 Å². The van der Waals surface area contributed by atoms with Gasteiger partial charge >= 0.3 is 0 Å². The van der Waals surface area contributed by atoms with Gasteiger partial charge in [0.1, 0.15) is 0 Å². The van der Waals surface area contributed by atoms with Crippen molar-refractivity contribution in [3.05, 3.63) is 63.2 Å². The number of benzene rings is 1. The molecule has 0 fully saturated rings. The largest absolute Gasteiger partial charge is 0.298 e. The van der Waals surface area contributed by atoms with Crippen molar-refractivity contribution in [2.45, 2.75) is 13.8 Å². The second-order valence-corrected chi connectivity index (χ2v) is 7.19. The Bertz CT molecular complexity index is 841. The molecule has 0 aliphatic heterocycles. The molecule has 3 rings (SSSR count). The summed E-state index contributed by atoms with van der Waals surface area (Å²) in [4.78, 5) is 22.0. The van der Waals surface area contributed by atoms with Crippen LogP contribution in [0.4, 0.5) is 5.13 Å². The second kappa shape index (κ2) is 6.60. The number of pyridine rings is 1. The van der Waals surface area contributed by atoms with E-state index >= 15 is 0 Å². The minimum atomic E-state index is -0.200. The summed E-state index contributed by atoms with van der Waals surface area (Å²) >= 11 is 4.89. The maximum Gasteiger partial charge on any atom is 0.259 e. The van der Waals surface area contributed by atoms with Gasteiger partial charge in [0.25, 0.3) is 5.91 Å². The van der Waals surface area contributed by atoms with Gasteiger partial charge in [0.05, 0.1) is 11.3 Å². The number of carbonyl (C=O) groups is 1. The van der Waals surface area contributed by atoms with E-state index in [9.17, 15) is 4.79 Å². The van der Waals surface area contributed by atoms with Crippen LogP contribution in [0.15, 0.2) is 47.1 Å². The highest BCUT2D eigenvalue weighted by atomic mass is 79.9. The molecular weight excluding hydrogens is 374 g/mol. The van der Waals surface area contributed by atoms with E-state index in [1.807, 2.05) is 44.2 Å². The van der Waals surface area contributed by atoms with Gasteiger partial charge in [-0.3, -0.25) is 15.1 Å². The van der Waals surface area contributed by atoms with Crippen LogP contribution >= 0.6 is 27.3 Å². The second-order valence-electron chi connectivity index (χ2n) is 5.07. The number of carbonyl (C=O) groups excluding carboxylic acids is 1. The highest BCUT2D eigenvalue weighted by Gasteiger charge is 2.13. The first kappa shape index (κ1) is 15.8. The van der Waals surface area contributed by atoms with E-state index in [-0.39, 0.29) is 5.91 Å². The Labute approximate surface area is 146 Å². The molecule has 0 saturated carbocycles. The lowest BCUT2D eigenvalue weighted by Crippen LogP contribution is -2.12. The predicted octanol–water partition coefficient (Wildman–Crippen LogP) is 4.84. The topological polar surface area (TPSA) is 54.9 Å². The van der Waals surface area contributed by atoms with Crippen LogP contribution < -0.4 is 5.32 Å². The minimum Gasteiger partial charge on any atom is -0.298 e. The maximum atomic E-state index is 12.2. The average Bonchev–Trinajstić information content (AvgIpc) is 2.89. The van der Waals surface area contributed by atoms with Gasteiger partial charge in [-0.1, -0.05) is 28.1 Å². The van der Waals surface area contributed by atoms with Crippen LogP contribution in [0.2, 0.25) is 0 Å². The number of aryl methyl sites for hydroxylation is 2. The first-order chi connectivity index (χ1) is 11.0. The number of thiazole rings is 1. The number of hydrogen-bond acceptors (Lipinski definition) is 4. The van der Waals surface area contributed by atoms with Gasteiger partial charge in [-0.2, -0.15) is 0 Å². The minimum absolute atomic E-state index is 0.200. The summed E-state index contributed by atoms with van der Waals surface area (Å²) in [6, 6.07) is 11.5. The van der Waals surface area contributed by atoms with E-state index < -0.39 is 0 Å². The Morgan fingerprint density at radius 2 is 1.87 bits per heavy atom. The Hall–Kier alpha value is -2.05. The van der Waals surface area contributed by atoms with Crippen molar-refractivity contribution in [1.82, 2.24) is 9.97 Å². The van der Waals surface area contributed by atoms with Gasteiger partial charge in [0, 0.05) is 26.8 Å². The van der Waals surface area contributed by atoms with Crippen molar-refractivity contribution in [2.75, 3.05) is 5.32 Å². The van der Waals surface area contributed by atoms with Crippen LogP contribution in [-0.2, 0) is 0 Å². The maximum absolute atomic E-state index is 12.2. The lowest BCUT2D eigenvalue weighted by molar-refractivity contribution is 0.102. The van der Waals surface area contributed by atoms with Crippen molar-refractivity contribution >= 4 is 38.3 Å². The van der Waals surface area contributed by atoms with Crippen LogP contribution in [0.3, 0.4) is 0 Å². The van der Waals surface area contributed by atoms with Gasteiger partial charge < -0.3 is 0 Å². The predicted molar refractivity (Wildman–Crippen MR) is 96.9 cm³/mol. The molecule has 3 aromatic rings. The number of aromatic nitrogens is 2. The highest BCUT2D eigenvalue weighted by Crippen LogP contribution is 2.31. The van der Waals surface area contributed by atoms with Gasteiger partial charge in [-0.05, 0) is 38.1 Å². The molecule has 1 amide bonds. The Kier molecular flexibility index (Phi) is 4.54. The lowest BCUT2D eigenvalue weighted by Gasteiger charge is -2.01. The summed E-state index contributed by atoms with van der Waals surface area (Å²) in [5.74, 6) is -0.200. The first-order valence-electron chi connectivity index (χ1n) is 7.00. The molecule has 116 valence electrons. The zero-order valence-corrected chi connectivity index (χ0v) is 15.0. The van der Waals surface area contributed by atoms with E-state index in [0.717, 1.165) is 26.3 Å². The fraction of sp³-hybridized carbons (Fsp3) is 0.118. The summed E-state index contributed by atoms with van der Waals surface area (Å²) in [5, 5.41) is 3.43. The molecule has 4 nitrogen and oxygen atoms in total. The fourth-order valence-corrected chi connectivity index (χ4v) is 3.19. The lowest BCUT2D eigenvalue weighted by atomic mass is 10.1. The molecule has 0 unspecified atom stereocenters. The smallest absolute Gasteiger partial charge is 0.259 e. The molecule has 1 aromatic carbocycles. The van der Waals surface area contributed by atoms with Gasteiger partial charge in [-0.25, -0.2) is 4.98 Å². The summed E-state index contributed by atoms with van der Waals surface area (Å²) < 4.78 is 1.02. The van der Waals surface area contributed by atoms with Gasteiger partial charge in [0.2, 0.25) is 0 Å². The molecular formula is C17H14BrN3OS. The molecule has 1 N–H and O–H groups in total. The first-order valence-corrected chi connectivity index (χ1v) is 8.61. The fourth-order valence-electron chi connectivity index (χ4n) is 2.10. The van der Waals surface area contributed by atoms with Crippen LogP contribution in [-0.4, -0.2) is 15.9 Å². The normalized spacial score (nSPS) is 10.6. The molecule has 0 aliphatic rings. The average molecular weight is 388 g/mol. The number of halogens is 1. The van der Waals surface area contributed by atoms with Crippen molar-refractivity contribution in [3.63, 3.8) is 0 Å². The summed E-state index contributed by atoms with van der Waals surface area (Å²) in [5.41, 5.74) is 3.32. The Morgan fingerprint density at radius 3 is 2.52 bits per heavy atom. The molecule has 0 bridgehead atoms. The molecule has 2 heterocycles. The molecule has 2 aromatic heterocycles. The van der Waals surface area contributed by atoms with E-state index in [4.69, 9.17) is 0 Å². The summed E-state index contributed by atoms with van der Waals surface area (Å²) in [6.45, 7) is 3.88. The van der Waals surface area contributed by atoms with Crippen molar-refractivity contribution < 1.29 is 4.79 Å². The summed E-state index contributed by atoms with van der Waals surface area (Å²) in [7, 11) is 0. The third-order valence-electron chi connectivity index (χ3n) is 3.31. The zero-order valence-electron chi connectivity index (χ0n) is 12.6. The van der Waals surface area contributed by atoms with Gasteiger partial charge in [0.15, 0.2) is 5.13 Å². The number of nitrogens with zero attached hydrogens (tertiary/aromatic N) is 2. The molecule has 23 heavy (non-hydrogen) atoms. The van der Waals surface area contributed by atoms with Crippen LogP contribution in [0.1, 0.15) is 20.9 Å². The van der Waals surface area contributed by atoms with E-state index in [1.54, 1.807) is 12.3 Å². The number of nitrogens with one attached hydrogen (secondary N) is 1. The van der Waals surface area contributed by atoms with Crippen molar-refractivity contribution in [2.24, 2.45) is 0 Å². The van der Waals surface area contributed by atoms with Crippen molar-refractivity contribution in [3.8, 4) is 11.3 Å². The Morgan fingerprint density at radius 1 is 1.13 bits per heavy atom. The monoisotopic (exact) mass is 387 g/mol.